The van der Waals surface area contributed by atoms with E-state index in [1.54, 1.807) is 36.9 Å². The Hall–Kier alpha value is -3.39. The molecule has 4 rings (SSSR count). The van der Waals surface area contributed by atoms with Crippen LogP contribution in [-0.2, 0) is 4.79 Å². The van der Waals surface area contributed by atoms with E-state index in [4.69, 9.17) is 10.5 Å². The predicted molar refractivity (Wildman–Crippen MR) is 139 cm³/mol. The van der Waals surface area contributed by atoms with Crippen molar-refractivity contribution in [1.82, 2.24) is 10.2 Å². The van der Waals surface area contributed by atoms with Crippen LogP contribution in [0.2, 0.25) is 0 Å². The Labute approximate surface area is 212 Å². The molecule has 2 aromatic rings. The van der Waals surface area contributed by atoms with E-state index in [0.717, 1.165) is 17.5 Å². The van der Waals surface area contributed by atoms with Crippen LogP contribution in [0.3, 0.4) is 0 Å². The standard InChI is InChI=1S/C28H36N4O4/c1-6-20(32-22(33)16-28(5,7-2)31-26(32)29)17-11-10-12-18(15-17)25(35)30-23-19-13-8-9-14-21(19)36-27(3,4)24(23)34/h8-15,20,23-24,34H,6-7,16H2,1-5H3,(H2,29,31)(H,30,35)/t20?,23-,24+,28?/m1/s1. The van der Waals surface area contributed by atoms with E-state index in [-0.39, 0.29) is 30.2 Å². The van der Waals surface area contributed by atoms with Gasteiger partial charge in [0, 0.05) is 11.1 Å². The second kappa shape index (κ2) is 9.58. The van der Waals surface area contributed by atoms with Crippen molar-refractivity contribution < 1.29 is 19.4 Å². The first-order valence-corrected chi connectivity index (χ1v) is 12.5. The summed E-state index contributed by atoms with van der Waals surface area (Å²) in [6, 6.07) is 13.6. The van der Waals surface area contributed by atoms with Gasteiger partial charge in [-0.25, -0.2) is 4.99 Å². The lowest BCUT2D eigenvalue weighted by Gasteiger charge is -2.42. The van der Waals surface area contributed by atoms with Gasteiger partial charge in [-0.2, -0.15) is 0 Å². The number of benzene rings is 2. The number of ether oxygens (including phenoxy) is 1. The average Bonchev–Trinajstić information content (AvgIpc) is 2.84. The van der Waals surface area contributed by atoms with Crippen LogP contribution in [0.25, 0.3) is 0 Å². The number of carbonyl (C=O) groups is 2. The zero-order chi connectivity index (χ0) is 26.3. The molecule has 0 saturated carbocycles. The lowest BCUT2D eigenvalue weighted by Crippen LogP contribution is -2.53. The summed E-state index contributed by atoms with van der Waals surface area (Å²) in [5.41, 5.74) is 6.86. The number of hydrogen-bond donors (Lipinski definition) is 3. The Kier molecular flexibility index (Phi) is 6.84. The molecule has 0 saturated heterocycles. The minimum absolute atomic E-state index is 0.0716. The summed E-state index contributed by atoms with van der Waals surface area (Å²) in [5, 5.41) is 14.0. The summed E-state index contributed by atoms with van der Waals surface area (Å²) in [4.78, 5) is 32.6. The van der Waals surface area contributed by atoms with Crippen molar-refractivity contribution in [3.63, 3.8) is 0 Å². The van der Waals surface area contributed by atoms with Gasteiger partial charge in [-0.1, -0.05) is 44.2 Å². The van der Waals surface area contributed by atoms with E-state index in [2.05, 4.69) is 10.3 Å². The highest BCUT2D eigenvalue weighted by molar-refractivity contribution is 5.99. The highest BCUT2D eigenvalue weighted by atomic mass is 16.5. The molecule has 0 radical (unpaired) electrons. The smallest absolute Gasteiger partial charge is 0.251 e. The van der Waals surface area contributed by atoms with Crippen molar-refractivity contribution in [3.8, 4) is 5.75 Å². The van der Waals surface area contributed by atoms with E-state index in [0.29, 0.717) is 17.7 Å². The molecule has 0 fully saturated rings. The van der Waals surface area contributed by atoms with E-state index in [9.17, 15) is 14.7 Å². The number of nitrogens with two attached hydrogens (primary N) is 1. The summed E-state index contributed by atoms with van der Waals surface area (Å²) in [6.07, 6.45) is 0.670. The Morgan fingerprint density at radius 3 is 2.61 bits per heavy atom. The van der Waals surface area contributed by atoms with Crippen LogP contribution in [0.1, 0.15) is 87.4 Å². The molecule has 8 nitrogen and oxygen atoms in total. The number of fused-ring (bicyclic) bond motifs is 1. The second-order valence-corrected chi connectivity index (χ2v) is 10.4. The molecule has 2 aliphatic rings. The third-order valence-corrected chi connectivity index (χ3v) is 7.37. The monoisotopic (exact) mass is 492 g/mol. The fraction of sp³-hybridized carbons (Fsp3) is 0.464. The van der Waals surface area contributed by atoms with Gasteiger partial charge >= 0.3 is 0 Å². The third kappa shape index (κ3) is 4.69. The molecule has 0 spiro atoms. The van der Waals surface area contributed by atoms with Crippen molar-refractivity contribution in [2.24, 2.45) is 10.7 Å². The first kappa shape index (κ1) is 25.7. The number of nitrogens with one attached hydrogen (secondary N) is 1. The summed E-state index contributed by atoms with van der Waals surface area (Å²) in [7, 11) is 0. The summed E-state index contributed by atoms with van der Waals surface area (Å²) in [6.45, 7) is 9.50. The van der Waals surface area contributed by atoms with Gasteiger partial charge in [0.05, 0.1) is 24.0 Å². The fourth-order valence-corrected chi connectivity index (χ4v) is 5.03. The van der Waals surface area contributed by atoms with E-state index in [1.165, 1.54) is 0 Å². The van der Waals surface area contributed by atoms with Crippen LogP contribution in [0, 0.1) is 0 Å². The SMILES string of the molecule is CCC(c1cccc(C(=O)N[C@@H]2c3ccccc3OC(C)(C)[C@H]2O)c1)N1C(=O)CC(C)(CC)N=C1N. The van der Waals surface area contributed by atoms with Crippen molar-refractivity contribution in [3.05, 3.63) is 65.2 Å². The molecule has 36 heavy (non-hydrogen) atoms. The molecular formula is C28H36N4O4. The number of carbonyl (C=O) groups excluding carboxylic acids is 2. The molecule has 0 bridgehead atoms. The lowest BCUT2D eigenvalue weighted by atomic mass is 9.86. The molecule has 0 aromatic heterocycles. The normalized spacial score (nSPS) is 25.9. The van der Waals surface area contributed by atoms with Crippen LogP contribution >= 0.6 is 0 Å². The van der Waals surface area contributed by atoms with Crippen molar-refractivity contribution >= 4 is 17.8 Å². The Morgan fingerprint density at radius 1 is 1.22 bits per heavy atom. The van der Waals surface area contributed by atoms with E-state index >= 15 is 0 Å². The van der Waals surface area contributed by atoms with E-state index < -0.39 is 23.3 Å². The maximum Gasteiger partial charge on any atom is 0.251 e. The summed E-state index contributed by atoms with van der Waals surface area (Å²) >= 11 is 0. The summed E-state index contributed by atoms with van der Waals surface area (Å²) in [5.74, 6) is 0.447. The Balaban J connectivity index is 1.61. The first-order chi connectivity index (χ1) is 17.0. The molecule has 2 heterocycles. The number of amides is 2. The van der Waals surface area contributed by atoms with Gasteiger partial charge in [-0.15, -0.1) is 0 Å². The van der Waals surface area contributed by atoms with Crippen molar-refractivity contribution in [2.45, 2.75) is 83.2 Å². The maximum absolute atomic E-state index is 13.4. The number of hydrogen-bond acceptors (Lipinski definition) is 6. The topological polar surface area (TPSA) is 117 Å². The number of para-hydroxylation sites is 1. The fourth-order valence-electron chi connectivity index (χ4n) is 5.03. The van der Waals surface area contributed by atoms with Crippen LogP contribution in [-0.4, -0.2) is 45.0 Å². The number of aliphatic imine (C=N–C) groups is 1. The third-order valence-electron chi connectivity index (χ3n) is 7.37. The number of nitrogens with zero attached hydrogens (tertiary/aromatic N) is 2. The largest absolute Gasteiger partial charge is 0.485 e. The maximum atomic E-state index is 13.4. The van der Waals surface area contributed by atoms with Crippen molar-refractivity contribution in [2.75, 3.05) is 0 Å². The minimum Gasteiger partial charge on any atom is -0.485 e. The zero-order valence-electron chi connectivity index (χ0n) is 21.6. The first-order valence-electron chi connectivity index (χ1n) is 12.5. The molecule has 2 aromatic carbocycles. The molecule has 2 aliphatic heterocycles. The van der Waals surface area contributed by atoms with Gasteiger partial charge in [-0.3, -0.25) is 14.5 Å². The van der Waals surface area contributed by atoms with Gasteiger partial charge in [0.25, 0.3) is 5.91 Å². The van der Waals surface area contributed by atoms with Crippen LogP contribution in [0.5, 0.6) is 5.75 Å². The Morgan fingerprint density at radius 2 is 1.94 bits per heavy atom. The van der Waals surface area contributed by atoms with Gasteiger partial charge < -0.3 is 20.9 Å². The minimum atomic E-state index is -0.946. The quantitative estimate of drug-likeness (QED) is 0.566. The van der Waals surface area contributed by atoms with Gasteiger partial charge in [0.15, 0.2) is 5.96 Å². The van der Waals surface area contributed by atoms with Crippen LogP contribution in [0.4, 0.5) is 0 Å². The molecule has 4 N–H and O–H groups in total. The number of guanidine groups is 1. The summed E-state index contributed by atoms with van der Waals surface area (Å²) < 4.78 is 5.96. The number of rotatable bonds is 6. The van der Waals surface area contributed by atoms with Gasteiger partial charge in [0.1, 0.15) is 17.5 Å². The van der Waals surface area contributed by atoms with Crippen LogP contribution in [0.15, 0.2) is 53.5 Å². The molecule has 4 atom stereocenters. The molecule has 0 aliphatic carbocycles. The molecular weight excluding hydrogens is 456 g/mol. The van der Waals surface area contributed by atoms with Gasteiger partial charge in [-0.05, 0) is 57.4 Å². The molecule has 8 heteroatoms. The van der Waals surface area contributed by atoms with Gasteiger partial charge in [0.2, 0.25) is 5.91 Å². The van der Waals surface area contributed by atoms with Crippen LogP contribution < -0.4 is 15.8 Å². The number of aliphatic hydroxyl groups excluding tert-OH is 1. The Bertz CT molecular complexity index is 1190. The lowest BCUT2D eigenvalue weighted by molar-refractivity contribution is -0.131. The van der Waals surface area contributed by atoms with E-state index in [1.807, 2.05) is 51.1 Å². The number of aliphatic hydroxyl groups is 1. The zero-order valence-corrected chi connectivity index (χ0v) is 21.6. The highest BCUT2D eigenvalue weighted by Gasteiger charge is 2.43. The second-order valence-electron chi connectivity index (χ2n) is 10.4. The molecule has 2 amide bonds. The predicted octanol–water partition coefficient (Wildman–Crippen LogP) is 3.86. The average molecular weight is 493 g/mol. The van der Waals surface area contributed by atoms with Crippen molar-refractivity contribution in [1.29, 1.82) is 0 Å². The highest BCUT2D eigenvalue weighted by Crippen LogP contribution is 2.40. The molecule has 192 valence electrons. The molecule has 2 unspecified atom stereocenters.